The van der Waals surface area contributed by atoms with Gasteiger partial charge in [0.25, 0.3) is 0 Å². The van der Waals surface area contributed by atoms with E-state index < -0.39 is 0 Å². The molecule has 0 aliphatic heterocycles. The van der Waals surface area contributed by atoms with E-state index in [0.29, 0.717) is 10.8 Å². The first-order valence-corrected chi connectivity index (χ1v) is 16.5. The Morgan fingerprint density at radius 2 is 0.452 bits per heavy atom. The summed E-state index contributed by atoms with van der Waals surface area (Å²) in [6.45, 7) is 0. The maximum atomic E-state index is 4.51. The van der Waals surface area contributed by atoms with Gasteiger partial charge >= 0.3 is 0 Å². The molecule has 0 saturated carbocycles. The van der Waals surface area contributed by atoms with Gasteiger partial charge in [0, 0.05) is 0 Å². The third-order valence-corrected chi connectivity index (χ3v) is 9.00. The molecule has 0 heterocycles. The third-order valence-electron chi connectivity index (χ3n) is 7.11. The quantitative estimate of drug-likeness (QED) is 0.0506. The lowest BCUT2D eigenvalue weighted by atomic mass is 9.70. The van der Waals surface area contributed by atoms with Gasteiger partial charge < -0.3 is 0 Å². The molecule has 0 radical (unpaired) electrons. The molecule has 0 rings (SSSR count). The molecule has 31 heavy (non-hydrogen) atoms. The lowest BCUT2D eigenvalue weighted by Gasteiger charge is -2.36. The van der Waals surface area contributed by atoms with Gasteiger partial charge in [-0.25, -0.2) is 0 Å². The van der Waals surface area contributed by atoms with Crippen LogP contribution in [0.4, 0.5) is 0 Å². The second-order valence-corrected chi connectivity index (χ2v) is 12.2. The van der Waals surface area contributed by atoms with Crippen LogP contribution in [0.5, 0.6) is 0 Å². The Kier molecular flexibility index (Phi) is 24.1. The van der Waals surface area contributed by atoms with Crippen molar-refractivity contribution in [2.45, 2.75) is 109 Å². The highest BCUT2D eigenvalue weighted by atomic mass is 32.1. The number of unbranched alkanes of at least 4 members (excludes halogenated alkanes) is 2. The van der Waals surface area contributed by atoms with Crippen LogP contribution >= 0.6 is 75.8 Å². The van der Waals surface area contributed by atoms with E-state index in [1.165, 1.54) is 109 Å². The van der Waals surface area contributed by atoms with Gasteiger partial charge in [0.05, 0.1) is 0 Å². The molecule has 0 N–H and O–H groups in total. The van der Waals surface area contributed by atoms with E-state index >= 15 is 0 Å². The first-order valence-electron chi connectivity index (χ1n) is 12.7. The molecule has 0 aromatic carbocycles. The first-order chi connectivity index (χ1) is 15.1. The van der Waals surface area contributed by atoms with Crippen molar-refractivity contribution in [1.82, 2.24) is 0 Å². The average Bonchev–Trinajstić information content (AvgIpc) is 2.80. The molecule has 0 unspecified atom stereocenters. The fourth-order valence-corrected chi connectivity index (χ4v) is 6.35. The molecule has 0 amide bonds. The SMILES string of the molecule is SCCCC(CCCS)(CCCS)CCCCCC(CCCS)(CCCS)CCCS. The molecule has 0 aromatic heterocycles. The third kappa shape index (κ3) is 16.4. The van der Waals surface area contributed by atoms with Gasteiger partial charge in [-0.3, -0.25) is 0 Å². The van der Waals surface area contributed by atoms with E-state index in [9.17, 15) is 0 Å². The Bertz CT molecular complexity index is 299. The van der Waals surface area contributed by atoms with Crippen LogP contribution in [0.1, 0.15) is 109 Å². The average molecular weight is 545 g/mol. The fraction of sp³-hybridized carbons (Fsp3) is 1.00. The van der Waals surface area contributed by atoms with Crippen molar-refractivity contribution in [3.63, 3.8) is 0 Å². The Hall–Kier alpha value is 2.10. The van der Waals surface area contributed by atoms with Crippen LogP contribution in [0.25, 0.3) is 0 Å². The van der Waals surface area contributed by atoms with Crippen LogP contribution in [0.15, 0.2) is 0 Å². The number of hydrogen-bond donors (Lipinski definition) is 6. The van der Waals surface area contributed by atoms with Crippen molar-refractivity contribution in [3.05, 3.63) is 0 Å². The van der Waals surface area contributed by atoms with E-state index in [1.807, 2.05) is 0 Å². The van der Waals surface area contributed by atoms with Gasteiger partial charge in [-0.15, -0.1) is 0 Å². The number of hydrogen-bond acceptors (Lipinski definition) is 6. The van der Waals surface area contributed by atoms with E-state index in [2.05, 4.69) is 75.8 Å². The van der Waals surface area contributed by atoms with Crippen LogP contribution in [-0.2, 0) is 0 Å². The first kappa shape index (κ1) is 33.1. The molecule has 0 aromatic rings. The van der Waals surface area contributed by atoms with E-state index in [4.69, 9.17) is 0 Å². The van der Waals surface area contributed by atoms with Crippen molar-refractivity contribution >= 4 is 75.8 Å². The van der Waals surface area contributed by atoms with E-state index in [0.717, 1.165) is 34.5 Å². The molecule has 0 atom stereocenters. The van der Waals surface area contributed by atoms with Gasteiger partial charge in [0.15, 0.2) is 0 Å². The normalized spacial score (nSPS) is 12.6. The maximum absolute atomic E-state index is 4.51. The monoisotopic (exact) mass is 544 g/mol. The van der Waals surface area contributed by atoms with E-state index in [1.54, 1.807) is 0 Å². The summed E-state index contributed by atoms with van der Waals surface area (Å²) in [4.78, 5) is 0. The van der Waals surface area contributed by atoms with Gasteiger partial charge in [0.1, 0.15) is 0 Å². The standard InChI is InChI=1S/C25H52S6/c26-18-4-12-24(13-5-19-27,14-6-20-28)10-2-1-3-11-25(15-7-21-29,16-8-22-30)17-9-23-31/h26-31H,1-23H2. The summed E-state index contributed by atoms with van der Waals surface area (Å²) >= 11 is 27.0. The summed E-state index contributed by atoms with van der Waals surface area (Å²) in [5.74, 6) is 6.04. The largest absolute Gasteiger partial charge is 0.179 e. The van der Waals surface area contributed by atoms with Crippen LogP contribution in [0.2, 0.25) is 0 Å². The molecule has 0 aliphatic carbocycles. The Labute approximate surface area is 228 Å². The zero-order valence-electron chi connectivity index (χ0n) is 19.9. The molecular formula is C25H52S6. The number of thiol groups is 6. The summed E-state index contributed by atoms with van der Waals surface area (Å²) in [6, 6.07) is 0. The molecule has 0 nitrogen and oxygen atoms in total. The van der Waals surface area contributed by atoms with Gasteiger partial charge in [0.2, 0.25) is 0 Å². The van der Waals surface area contributed by atoms with Gasteiger partial charge in [-0.2, -0.15) is 75.8 Å². The summed E-state index contributed by atoms with van der Waals surface area (Å²) < 4.78 is 0. The number of rotatable bonds is 24. The topological polar surface area (TPSA) is 0 Å². The molecule has 0 aliphatic rings. The second kappa shape index (κ2) is 22.6. The summed E-state index contributed by atoms with van der Waals surface area (Å²) in [6.07, 6.45) is 22.3. The summed E-state index contributed by atoms with van der Waals surface area (Å²) in [5, 5.41) is 0. The molecule has 6 heteroatoms. The maximum Gasteiger partial charge on any atom is -0.00977 e. The van der Waals surface area contributed by atoms with Crippen molar-refractivity contribution in [3.8, 4) is 0 Å². The van der Waals surface area contributed by atoms with Crippen molar-refractivity contribution in [1.29, 1.82) is 0 Å². The highest BCUT2D eigenvalue weighted by Crippen LogP contribution is 2.43. The molecule has 0 bridgehead atoms. The van der Waals surface area contributed by atoms with Crippen molar-refractivity contribution < 1.29 is 0 Å². The Balaban J connectivity index is 4.86. The summed E-state index contributed by atoms with van der Waals surface area (Å²) in [7, 11) is 0. The molecule has 188 valence electrons. The predicted molar refractivity (Wildman–Crippen MR) is 166 cm³/mol. The zero-order valence-corrected chi connectivity index (χ0v) is 25.3. The van der Waals surface area contributed by atoms with Gasteiger partial charge in [-0.05, 0) is 135 Å². The summed E-state index contributed by atoms with van der Waals surface area (Å²) in [5.41, 5.74) is 0.991. The highest BCUT2D eigenvalue weighted by molar-refractivity contribution is 7.81. The smallest absolute Gasteiger partial charge is 0.00977 e. The molecule has 0 spiro atoms. The van der Waals surface area contributed by atoms with Crippen LogP contribution in [0, 0.1) is 10.8 Å². The van der Waals surface area contributed by atoms with Gasteiger partial charge in [-0.1, -0.05) is 19.3 Å². The minimum Gasteiger partial charge on any atom is -0.179 e. The minimum atomic E-state index is 0.495. The minimum absolute atomic E-state index is 0.495. The predicted octanol–water partition coefficient (Wildman–Crippen LogP) is 9.17. The van der Waals surface area contributed by atoms with E-state index in [-0.39, 0.29) is 0 Å². The van der Waals surface area contributed by atoms with Crippen LogP contribution in [0.3, 0.4) is 0 Å². The highest BCUT2D eigenvalue weighted by Gasteiger charge is 2.30. The second-order valence-electron chi connectivity index (χ2n) is 9.52. The Morgan fingerprint density at radius 3 is 0.645 bits per heavy atom. The van der Waals surface area contributed by atoms with Crippen LogP contribution in [-0.4, -0.2) is 34.5 Å². The molecule has 0 fully saturated rings. The van der Waals surface area contributed by atoms with Crippen molar-refractivity contribution in [2.75, 3.05) is 34.5 Å². The molecular weight excluding hydrogens is 493 g/mol. The van der Waals surface area contributed by atoms with Crippen LogP contribution < -0.4 is 0 Å². The lowest BCUT2D eigenvalue weighted by Crippen LogP contribution is -2.23. The van der Waals surface area contributed by atoms with Crippen molar-refractivity contribution in [2.24, 2.45) is 10.8 Å². The zero-order chi connectivity index (χ0) is 23.3. The molecule has 0 saturated heterocycles. The lowest BCUT2D eigenvalue weighted by molar-refractivity contribution is 0.173. The Morgan fingerprint density at radius 1 is 0.258 bits per heavy atom. The fourth-order valence-electron chi connectivity index (χ4n) is 5.40.